The Labute approximate surface area is 121 Å². The van der Waals surface area contributed by atoms with Gasteiger partial charge in [0.05, 0.1) is 10.7 Å². The van der Waals surface area contributed by atoms with Crippen LogP contribution in [0.3, 0.4) is 0 Å². The molecule has 0 spiro atoms. The number of anilines is 1. The molecule has 0 bridgehead atoms. The summed E-state index contributed by atoms with van der Waals surface area (Å²) in [6, 6.07) is 12.3. The quantitative estimate of drug-likeness (QED) is 0.804. The van der Waals surface area contributed by atoms with E-state index in [2.05, 4.69) is 59.4 Å². The number of hydrogen-bond acceptors (Lipinski definition) is 1. The van der Waals surface area contributed by atoms with Gasteiger partial charge in [-0.3, -0.25) is 0 Å². The molecule has 0 aliphatic carbocycles. The van der Waals surface area contributed by atoms with Crippen molar-refractivity contribution < 1.29 is 0 Å². The maximum absolute atomic E-state index is 6.15. The highest BCUT2D eigenvalue weighted by molar-refractivity contribution is 9.10. The predicted molar refractivity (Wildman–Crippen MR) is 82.4 cm³/mol. The van der Waals surface area contributed by atoms with Crippen molar-refractivity contribution in [2.75, 3.05) is 5.32 Å². The van der Waals surface area contributed by atoms with Crippen molar-refractivity contribution in [3.63, 3.8) is 0 Å². The van der Waals surface area contributed by atoms with Gasteiger partial charge >= 0.3 is 0 Å². The fourth-order valence-corrected chi connectivity index (χ4v) is 2.58. The molecule has 1 N–H and O–H groups in total. The minimum Gasteiger partial charge on any atom is -0.380 e. The lowest BCUT2D eigenvalue weighted by molar-refractivity contribution is 1.13. The Balaban J connectivity index is 2.13. The first kappa shape index (κ1) is 13.4. The van der Waals surface area contributed by atoms with Gasteiger partial charge in [0.15, 0.2) is 0 Å². The van der Waals surface area contributed by atoms with Crippen LogP contribution in [-0.2, 0) is 6.54 Å². The van der Waals surface area contributed by atoms with Crippen LogP contribution in [0.25, 0.3) is 0 Å². The number of nitrogens with one attached hydrogen (secondary N) is 1. The van der Waals surface area contributed by atoms with Crippen LogP contribution in [0.4, 0.5) is 5.69 Å². The minimum absolute atomic E-state index is 0.754. The fraction of sp³-hybridized carbons (Fsp3) is 0.200. The molecule has 2 rings (SSSR count). The molecule has 18 heavy (non-hydrogen) atoms. The molecule has 3 heteroatoms. The molecular formula is C15H15BrClN. The Morgan fingerprint density at radius 1 is 1.06 bits per heavy atom. The SMILES string of the molecule is Cc1ccc(CNc2cc(C)ccc2Cl)c(Br)c1. The highest BCUT2D eigenvalue weighted by atomic mass is 79.9. The van der Waals surface area contributed by atoms with Gasteiger partial charge in [-0.05, 0) is 48.7 Å². The van der Waals surface area contributed by atoms with Crippen LogP contribution < -0.4 is 5.32 Å². The van der Waals surface area contributed by atoms with Gasteiger partial charge in [-0.25, -0.2) is 0 Å². The second-order valence-corrected chi connectivity index (χ2v) is 5.69. The summed E-state index contributed by atoms with van der Waals surface area (Å²) in [7, 11) is 0. The van der Waals surface area contributed by atoms with Crippen LogP contribution >= 0.6 is 27.5 Å². The maximum Gasteiger partial charge on any atom is 0.0637 e. The number of rotatable bonds is 3. The molecular weight excluding hydrogens is 310 g/mol. The van der Waals surface area contributed by atoms with Crippen LogP contribution in [0.15, 0.2) is 40.9 Å². The summed E-state index contributed by atoms with van der Waals surface area (Å²) in [4.78, 5) is 0. The van der Waals surface area contributed by atoms with E-state index in [1.54, 1.807) is 0 Å². The van der Waals surface area contributed by atoms with Crippen molar-refractivity contribution in [1.29, 1.82) is 0 Å². The van der Waals surface area contributed by atoms with Gasteiger partial charge in [-0.1, -0.05) is 45.7 Å². The average Bonchev–Trinajstić information content (AvgIpc) is 2.32. The molecule has 0 unspecified atom stereocenters. The van der Waals surface area contributed by atoms with Gasteiger partial charge in [-0.15, -0.1) is 0 Å². The summed E-state index contributed by atoms with van der Waals surface area (Å²) >= 11 is 9.73. The monoisotopic (exact) mass is 323 g/mol. The number of benzene rings is 2. The van der Waals surface area contributed by atoms with Crippen molar-refractivity contribution in [3.05, 3.63) is 62.6 Å². The summed E-state index contributed by atoms with van der Waals surface area (Å²) in [6.45, 7) is 4.90. The zero-order valence-electron chi connectivity index (χ0n) is 10.4. The van der Waals surface area contributed by atoms with E-state index in [9.17, 15) is 0 Å². The highest BCUT2D eigenvalue weighted by Gasteiger charge is 2.03. The molecule has 0 aliphatic rings. The minimum atomic E-state index is 0.754. The third-order valence-corrected chi connectivity index (χ3v) is 3.87. The maximum atomic E-state index is 6.15. The van der Waals surface area contributed by atoms with E-state index in [0.717, 1.165) is 21.7 Å². The Bertz CT molecular complexity index is 566. The molecule has 2 aromatic carbocycles. The summed E-state index contributed by atoms with van der Waals surface area (Å²) < 4.78 is 1.12. The Morgan fingerprint density at radius 3 is 2.44 bits per heavy atom. The second kappa shape index (κ2) is 5.77. The van der Waals surface area contributed by atoms with E-state index < -0.39 is 0 Å². The fourth-order valence-electron chi connectivity index (χ4n) is 1.76. The van der Waals surface area contributed by atoms with Gasteiger partial charge in [0, 0.05) is 11.0 Å². The lowest BCUT2D eigenvalue weighted by Gasteiger charge is -2.11. The molecule has 0 heterocycles. The van der Waals surface area contributed by atoms with Crippen molar-refractivity contribution in [2.24, 2.45) is 0 Å². The predicted octanol–water partition coefficient (Wildman–Crippen LogP) is 5.33. The molecule has 0 radical (unpaired) electrons. The molecule has 2 aromatic rings. The van der Waals surface area contributed by atoms with Crippen molar-refractivity contribution in [2.45, 2.75) is 20.4 Å². The van der Waals surface area contributed by atoms with Crippen LogP contribution in [0.2, 0.25) is 5.02 Å². The number of aryl methyl sites for hydroxylation is 2. The topological polar surface area (TPSA) is 12.0 Å². The van der Waals surface area contributed by atoms with Crippen LogP contribution in [-0.4, -0.2) is 0 Å². The van der Waals surface area contributed by atoms with E-state index >= 15 is 0 Å². The van der Waals surface area contributed by atoms with Gasteiger partial charge in [0.1, 0.15) is 0 Å². The molecule has 0 fully saturated rings. The first-order valence-corrected chi connectivity index (χ1v) is 6.98. The van der Waals surface area contributed by atoms with Gasteiger partial charge in [-0.2, -0.15) is 0 Å². The Hall–Kier alpha value is -0.990. The molecule has 0 saturated heterocycles. The largest absolute Gasteiger partial charge is 0.380 e. The Morgan fingerprint density at radius 2 is 1.72 bits per heavy atom. The molecule has 1 nitrogen and oxygen atoms in total. The van der Waals surface area contributed by atoms with Crippen LogP contribution in [0.1, 0.15) is 16.7 Å². The van der Waals surface area contributed by atoms with E-state index in [4.69, 9.17) is 11.6 Å². The molecule has 0 atom stereocenters. The first-order valence-electron chi connectivity index (χ1n) is 5.81. The van der Waals surface area contributed by atoms with Gasteiger partial charge < -0.3 is 5.32 Å². The molecule has 94 valence electrons. The summed E-state index contributed by atoms with van der Waals surface area (Å²) in [5, 5.41) is 4.12. The summed E-state index contributed by atoms with van der Waals surface area (Å²) in [5.41, 5.74) is 4.64. The van der Waals surface area contributed by atoms with Crippen LogP contribution in [0.5, 0.6) is 0 Å². The standard InChI is InChI=1S/C15H15BrClN/c1-10-3-5-12(13(16)7-10)9-18-15-8-11(2)4-6-14(15)17/h3-8,18H,9H2,1-2H3. The highest BCUT2D eigenvalue weighted by Crippen LogP contribution is 2.25. The van der Waals surface area contributed by atoms with Crippen molar-refractivity contribution >= 4 is 33.2 Å². The van der Waals surface area contributed by atoms with Crippen LogP contribution in [0, 0.1) is 13.8 Å². The lowest BCUT2D eigenvalue weighted by Crippen LogP contribution is -2.01. The van der Waals surface area contributed by atoms with E-state index in [0.29, 0.717) is 0 Å². The molecule has 0 aromatic heterocycles. The summed E-state index contributed by atoms with van der Waals surface area (Å²) in [5.74, 6) is 0. The van der Waals surface area contributed by atoms with Crippen molar-refractivity contribution in [1.82, 2.24) is 0 Å². The van der Waals surface area contributed by atoms with E-state index in [1.807, 2.05) is 12.1 Å². The summed E-state index contributed by atoms with van der Waals surface area (Å²) in [6.07, 6.45) is 0. The zero-order chi connectivity index (χ0) is 13.1. The normalized spacial score (nSPS) is 10.4. The van der Waals surface area contributed by atoms with Gasteiger partial charge in [0.2, 0.25) is 0 Å². The van der Waals surface area contributed by atoms with E-state index in [-0.39, 0.29) is 0 Å². The molecule has 0 aliphatic heterocycles. The molecule has 0 amide bonds. The third-order valence-electron chi connectivity index (χ3n) is 2.80. The zero-order valence-corrected chi connectivity index (χ0v) is 12.8. The average molecular weight is 325 g/mol. The van der Waals surface area contributed by atoms with Gasteiger partial charge in [0.25, 0.3) is 0 Å². The number of hydrogen-bond donors (Lipinski definition) is 1. The van der Waals surface area contributed by atoms with Crippen molar-refractivity contribution in [3.8, 4) is 0 Å². The smallest absolute Gasteiger partial charge is 0.0637 e. The molecule has 0 saturated carbocycles. The third kappa shape index (κ3) is 3.27. The number of halogens is 2. The lowest BCUT2D eigenvalue weighted by atomic mass is 10.1. The second-order valence-electron chi connectivity index (χ2n) is 4.43. The Kier molecular flexibility index (Phi) is 4.31. The first-order chi connectivity index (χ1) is 8.56. The van der Waals surface area contributed by atoms with E-state index in [1.165, 1.54) is 16.7 Å².